The average Bonchev–Trinajstić information content (AvgIpc) is 3.27. The van der Waals surface area contributed by atoms with Gasteiger partial charge < -0.3 is 14.8 Å². The zero-order chi connectivity index (χ0) is 22.8. The number of H-pyrrole nitrogens is 1. The van der Waals surface area contributed by atoms with Gasteiger partial charge in [-0.3, -0.25) is 14.8 Å². The number of aromatic nitrogens is 2. The molecule has 0 unspecified atom stereocenters. The maximum absolute atomic E-state index is 11.5. The minimum absolute atomic E-state index is 0.0301. The first kappa shape index (κ1) is 28.3. The molecule has 0 radical (unpaired) electrons. The fraction of sp³-hybridized carbons (Fsp3) is 0.636. The number of morpholine rings is 1. The van der Waals surface area contributed by atoms with Gasteiger partial charge in [-0.1, -0.05) is 37.6 Å². The van der Waals surface area contributed by atoms with E-state index in [0.29, 0.717) is 12.2 Å². The minimum Gasteiger partial charge on any atom is -0.379 e. The molecule has 172 valence electrons. The number of nitrogens with one attached hydrogen (secondary N) is 2. The third-order valence-corrected chi connectivity index (χ3v) is 4.55. The van der Waals surface area contributed by atoms with Gasteiger partial charge in [0, 0.05) is 37.7 Å². The molecule has 1 aliphatic rings. The number of carbonyl (C=O) groups is 1. The van der Waals surface area contributed by atoms with Crippen LogP contribution in [0.4, 0.5) is 5.82 Å². The molecule has 0 saturated carbocycles. The third kappa shape index (κ3) is 14.3. The Labute approximate surface area is 186 Å². The molecule has 7 nitrogen and oxygen atoms in total. The van der Waals surface area contributed by atoms with Crippen LogP contribution in [-0.2, 0) is 14.3 Å². The van der Waals surface area contributed by atoms with Crippen molar-refractivity contribution in [3.63, 3.8) is 0 Å². The largest absolute Gasteiger partial charge is 0.379 e. The van der Waals surface area contributed by atoms with Crippen LogP contribution in [0.25, 0.3) is 0 Å². The van der Waals surface area contributed by atoms with E-state index in [1.165, 1.54) is 0 Å². The monoisotopic (exact) mass is 442 g/mol. The van der Waals surface area contributed by atoms with Crippen molar-refractivity contribution in [2.24, 2.45) is 0 Å². The van der Waals surface area contributed by atoms with E-state index in [4.69, 9.17) is 21.1 Å². The molecule has 0 bridgehead atoms. The van der Waals surface area contributed by atoms with Crippen molar-refractivity contribution in [2.75, 3.05) is 45.3 Å². The summed E-state index contributed by atoms with van der Waals surface area (Å²) in [4.78, 5) is 13.9. The zero-order valence-corrected chi connectivity index (χ0v) is 20.1. The topological polar surface area (TPSA) is 79.5 Å². The Morgan fingerprint density at radius 2 is 2.07 bits per heavy atom. The highest BCUT2D eigenvalue weighted by Crippen LogP contribution is 2.12. The number of rotatable bonds is 8. The molecule has 2 rings (SSSR count). The molecule has 2 N–H and O–H groups in total. The van der Waals surface area contributed by atoms with Gasteiger partial charge in [0.2, 0.25) is 5.91 Å². The highest BCUT2D eigenvalue weighted by molar-refractivity contribution is 6.31. The number of aromatic amines is 1. The fourth-order valence-corrected chi connectivity index (χ4v) is 2.33. The summed E-state index contributed by atoms with van der Waals surface area (Å²) >= 11 is 5.75. The first-order chi connectivity index (χ1) is 14.4. The summed E-state index contributed by atoms with van der Waals surface area (Å²) in [5, 5.41) is 9.96. The maximum atomic E-state index is 11.5. The molecular weight excluding hydrogens is 404 g/mol. The van der Waals surface area contributed by atoms with Gasteiger partial charge in [-0.15, -0.1) is 0 Å². The number of nitrogens with zero attached hydrogens (tertiary/aromatic N) is 2. The Morgan fingerprint density at radius 1 is 1.40 bits per heavy atom. The minimum atomic E-state index is -0.233. The number of allylic oxidation sites excluding steroid dienone is 3. The summed E-state index contributed by atoms with van der Waals surface area (Å²) in [7, 11) is 1.67. The molecule has 1 aromatic rings. The summed E-state index contributed by atoms with van der Waals surface area (Å²) in [6.07, 6.45) is 8.63. The van der Waals surface area contributed by atoms with Crippen LogP contribution in [0, 0.1) is 0 Å². The van der Waals surface area contributed by atoms with Gasteiger partial charge in [0.25, 0.3) is 0 Å². The lowest BCUT2D eigenvalue weighted by atomic mass is 10.1. The highest BCUT2D eigenvalue weighted by atomic mass is 35.5. The van der Waals surface area contributed by atoms with E-state index in [9.17, 15) is 4.79 Å². The standard InChI is InChI=1S/C11H18N4O2.C9H15ClO.C2H6/c16-11(13-10-3-4-12-14-10)2-1-5-15-6-8-17-9-7-15;1-5-8(10)6-7-9(2,3)11-4;1-2/h3-4H,1-2,5-9H2,(H2,12,13,14,16);5-7H,1-4H3;1-2H3/b;7-6-,8-5+;. The van der Waals surface area contributed by atoms with Crippen LogP contribution in [0.15, 0.2) is 35.5 Å². The Morgan fingerprint density at radius 3 is 2.60 bits per heavy atom. The SMILES string of the molecule is C/C=C(Cl)\C=C/C(C)(C)OC.CC.O=C(CCCN1CCOCC1)Nc1ccn[nH]1. The van der Waals surface area contributed by atoms with Crippen molar-refractivity contribution in [1.82, 2.24) is 15.1 Å². The molecule has 1 fully saturated rings. The van der Waals surface area contributed by atoms with Crippen LogP contribution in [-0.4, -0.2) is 66.6 Å². The molecule has 1 aromatic heterocycles. The summed E-state index contributed by atoms with van der Waals surface area (Å²) in [6, 6.07) is 1.74. The molecular formula is C22H39ClN4O3. The second-order valence-corrected chi connectivity index (χ2v) is 7.33. The Balaban J connectivity index is 0.000000565. The van der Waals surface area contributed by atoms with E-state index in [2.05, 4.69) is 20.4 Å². The third-order valence-electron chi connectivity index (χ3n) is 4.20. The predicted octanol–water partition coefficient (Wildman–Crippen LogP) is 4.60. The summed E-state index contributed by atoms with van der Waals surface area (Å²) < 4.78 is 10.4. The van der Waals surface area contributed by atoms with Crippen molar-refractivity contribution in [3.8, 4) is 0 Å². The lowest BCUT2D eigenvalue weighted by molar-refractivity contribution is -0.116. The maximum Gasteiger partial charge on any atom is 0.225 e. The Hall–Kier alpha value is -1.67. The van der Waals surface area contributed by atoms with E-state index in [0.717, 1.165) is 44.3 Å². The zero-order valence-electron chi connectivity index (χ0n) is 19.3. The molecule has 0 atom stereocenters. The normalized spacial score (nSPS) is 15.1. The van der Waals surface area contributed by atoms with E-state index >= 15 is 0 Å². The van der Waals surface area contributed by atoms with Crippen molar-refractivity contribution in [2.45, 2.75) is 53.1 Å². The predicted molar refractivity (Wildman–Crippen MR) is 125 cm³/mol. The summed E-state index contributed by atoms with van der Waals surface area (Å²) in [5.74, 6) is 0.684. The smallest absolute Gasteiger partial charge is 0.225 e. The second kappa shape index (κ2) is 17.1. The van der Waals surface area contributed by atoms with E-state index in [1.807, 2.05) is 52.8 Å². The van der Waals surface area contributed by atoms with Crippen LogP contribution in [0.1, 0.15) is 47.5 Å². The van der Waals surface area contributed by atoms with Crippen LogP contribution in [0.5, 0.6) is 0 Å². The molecule has 1 amide bonds. The number of amides is 1. The number of methoxy groups -OCH3 is 1. The molecule has 0 spiro atoms. The van der Waals surface area contributed by atoms with Gasteiger partial charge >= 0.3 is 0 Å². The lowest BCUT2D eigenvalue weighted by Gasteiger charge is -2.26. The van der Waals surface area contributed by atoms with Crippen LogP contribution >= 0.6 is 11.6 Å². The Kier molecular flexibility index (Phi) is 16.1. The lowest BCUT2D eigenvalue weighted by Crippen LogP contribution is -2.37. The first-order valence-electron chi connectivity index (χ1n) is 10.5. The second-order valence-electron chi connectivity index (χ2n) is 6.89. The summed E-state index contributed by atoms with van der Waals surface area (Å²) in [6.45, 7) is 14.4. The van der Waals surface area contributed by atoms with Gasteiger partial charge in [0.05, 0.1) is 25.0 Å². The molecule has 8 heteroatoms. The van der Waals surface area contributed by atoms with Gasteiger partial charge in [-0.25, -0.2) is 0 Å². The van der Waals surface area contributed by atoms with Crippen molar-refractivity contribution in [3.05, 3.63) is 35.5 Å². The molecule has 30 heavy (non-hydrogen) atoms. The van der Waals surface area contributed by atoms with Crippen molar-refractivity contribution in [1.29, 1.82) is 0 Å². The average molecular weight is 443 g/mol. The molecule has 0 aromatic carbocycles. The summed E-state index contributed by atoms with van der Waals surface area (Å²) in [5.41, 5.74) is -0.233. The van der Waals surface area contributed by atoms with Gasteiger partial charge in [0.1, 0.15) is 5.82 Å². The van der Waals surface area contributed by atoms with Gasteiger partial charge in [-0.2, -0.15) is 5.10 Å². The van der Waals surface area contributed by atoms with Gasteiger partial charge in [-0.05, 0) is 39.8 Å². The first-order valence-corrected chi connectivity index (χ1v) is 10.9. The number of halogens is 1. The van der Waals surface area contributed by atoms with Crippen LogP contribution in [0.3, 0.4) is 0 Å². The number of hydrogen-bond acceptors (Lipinski definition) is 5. The molecule has 2 heterocycles. The van der Waals surface area contributed by atoms with Crippen molar-refractivity contribution >= 4 is 23.3 Å². The molecule has 0 aliphatic carbocycles. The van der Waals surface area contributed by atoms with Crippen LogP contribution in [0.2, 0.25) is 0 Å². The number of hydrogen-bond donors (Lipinski definition) is 2. The highest BCUT2D eigenvalue weighted by Gasteiger charge is 2.11. The van der Waals surface area contributed by atoms with E-state index < -0.39 is 0 Å². The quantitative estimate of drug-likeness (QED) is 0.575. The fourth-order valence-electron chi connectivity index (χ4n) is 2.27. The number of anilines is 1. The Bertz CT molecular complexity index is 610. The van der Waals surface area contributed by atoms with Gasteiger partial charge in [0.15, 0.2) is 0 Å². The number of carbonyl (C=O) groups excluding carboxylic acids is 1. The van der Waals surface area contributed by atoms with Crippen molar-refractivity contribution < 1.29 is 14.3 Å². The van der Waals surface area contributed by atoms with Crippen LogP contribution < -0.4 is 5.32 Å². The number of ether oxygens (including phenoxy) is 2. The van der Waals surface area contributed by atoms with E-state index in [1.54, 1.807) is 19.4 Å². The molecule has 1 saturated heterocycles. The molecule has 1 aliphatic heterocycles. The van der Waals surface area contributed by atoms with E-state index in [-0.39, 0.29) is 11.5 Å².